The summed E-state index contributed by atoms with van der Waals surface area (Å²) in [6.45, 7) is 11.5. The number of aliphatic hydroxyl groups is 2. The number of fused-ring (bicyclic) bond motifs is 5. The predicted molar refractivity (Wildman–Crippen MR) is 162 cm³/mol. The minimum absolute atomic E-state index is 0.122. The summed E-state index contributed by atoms with van der Waals surface area (Å²) in [4.78, 5) is 12.7. The first-order valence-electron chi connectivity index (χ1n) is 17.0. The molecule has 2 amide bonds. The van der Waals surface area contributed by atoms with Crippen LogP contribution in [0.5, 0.6) is 0 Å². The smallest absolute Gasteiger partial charge is 0.328 e. The van der Waals surface area contributed by atoms with E-state index in [1.807, 2.05) is 6.92 Å². The molecule has 0 aromatic carbocycles. The molecule has 2 unspecified atom stereocenters. The van der Waals surface area contributed by atoms with E-state index in [0.29, 0.717) is 48.3 Å². The van der Waals surface area contributed by atoms with Gasteiger partial charge in [-0.2, -0.15) is 0 Å². The minimum atomic E-state index is -3.64. The topological polar surface area (TPSA) is 116 Å². The van der Waals surface area contributed by atoms with Crippen LogP contribution in [0.3, 0.4) is 0 Å². The molecule has 5 rings (SSSR count). The fraction of sp³-hybridized carbons (Fsp3) is 0.970. The Morgan fingerprint density at radius 2 is 1.56 bits per heavy atom. The maximum absolute atomic E-state index is 12.7. The molecule has 0 aromatic rings. The summed E-state index contributed by atoms with van der Waals surface area (Å²) >= 11 is 0. The minimum Gasteiger partial charge on any atom is -0.393 e. The van der Waals surface area contributed by atoms with Gasteiger partial charge in [-0.15, -0.1) is 0 Å². The Labute approximate surface area is 249 Å². The van der Waals surface area contributed by atoms with E-state index < -0.39 is 21.3 Å². The molecule has 41 heavy (non-hydrogen) atoms. The lowest BCUT2D eigenvalue weighted by atomic mass is 9.41. The van der Waals surface area contributed by atoms with Crippen LogP contribution in [-0.4, -0.2) is 48.2 Å². The molecule has 0 saturated heterocycles. The molecule has 0 bridgehead atoms. The Kier molecular flexibility index (Phi) is 9.17. The standard InChI is InChI=1S/C33H58N2O5S/c1-6-24-28-19-22(36)14-16-33(28,5)27-15-17-32(4)25(12-13-26(32)29(27)30(24)37)20(2)18-21(3)34-31(38)35-41(39,40)23-10-8-7-9-11-23/h20-30,36-37H,6-19H2,1-5H3,(H2,34,35,38)/t20-,21+,22-,24-,25-,26+,27+,28?,29-,30-,32-,33?/m1/s1. The summed E-state index contributed by atoms with van der Waals surface area (Å²) < 4.78 is 27.7. The molecule has 5 aliphatic rings. The van der Waals surface area contributed by atoms with Gasteiger partial charge in [0.2, 0.25) is 10.0 Å². The maximum atomic E-state index is 12.7. The number of aliphatic hydroxyl groups excluding tert-OH is 2. The number of sulfonamides is 1. The van der Waals surface area contributed by atoms with E-state index in [2.05, 4.69) is 37.7 Å². The highest BCUT2D eigenvalue weighted by Gasteiger charge is 2.64. The van der Waals surface area contributed by atoms with Gasteiger partial charge in [-0.25, -0.2) is 17.9 Å². The molecule has 0 radical (unpaired) electrons. The quantitative estimate of drug-likeness (QED) is 0.289. The number of carbonyl (C=O) groups is 1. The zero-order valence-corrected chi connectivity index (χ0v) is 27.1. The molecule has 8 heteroatoms. The Bertz CT molecular complexity index is 1050. The van der Waals surface area contributed by atoms with E-state index in [4.69, 9.17) is 0 Å². The normalized spacial score (nSPS) is 44.7. The predicted octanol–water partition coefficient (Wildman–Crippen LogP) is 5.99. The van der Waals surface area contributed by atoms with Crippen molar-refractivity contribution >= 4 is 16.1 Å². The molecule has 5 aliphatic carbocycles. The van der Waals surface area contributed by atoms with Gasteiger partial charge in [0.05, 0.1) is 17.5 Å². The highest BCUT2D eigenvalue weighted by Crippen LogP contribution is 2.69. The largest absolute Gasteiger partial charge is 0.393 e. The third-order valence-electron chi connectivity index (χ3n) is 13.5. The van der Waals surface area contributed by atoms with E-state index >= 15 is 0 Å². The average Bonchev–Trinajstić information content (AvgIpc) is 3.27. The van der Waals surface area contributed by atoms with Gasteiger partial charge in [0.1, 0.15) is 0 Å². The van der Waals surface area contributed by atoms with Crippen LogP contribution in [-0.2, 0) is 10.0 Å². The zero-order chi connectivity index (χ0) is 29.7. The van der Waals surface area contributed by atoms with Crippen molar-refractivity contribution in [1.29, 1.82) is 0 Å². The number of rotatable bonds is 7. The Morgan fingerprint density at radius 3 is 2.24 bits per heavy atom. The number of nitrogens with one attached hydrogen (secondary N) is 2. The van der Waals surface area contributed by atoms with Crippen LogP contribution < -0.4 is 10.0 Å². The van der Waals surface area contributed by atoms with Crippen molar-refractivity contribution in [3.8, 4) is 0 Å². The van der Waals surface area contributed by atoms with E-state index in [0.717, 1.165) is 70.6 Å². The molecule has 4 N–H and O–H groups in total. The van der Waals surface area contributed by atoms with Crippen molar-refractivity contribution < 1.29 is 23.4 Å². The molecule has 7 nitrogen and oxygen atoms in total. The SMILES string of the molecule is CC[C@@H]1C2C[C@H](O)CCC2(C)[C@H]2CC[C@]3(C)[C@@H]([C@H](C)C[C@H](C)NC(=O)NS(=O)(=O)C4CCCCC4)CC[C@H]3[C@H]2[C@@H]1O. The first-order valence-corrected chi connectivity index (χ1v) is 18.5. The summed E-state index contributed by atoms with van der Waals surface area (Å²) in [6.07, 6.45) is 12.9. The first kappa shape index (κ1) is 31.6. The molecule has 12 atom stereocenters. The lowest BCUT2D eigenvalue weighted by Crippen LogP contribution is -2.62. The van der Waals surface area contributed by atoms with Crippen LogP contribution in [0.1, 0.15) is 125 Å². The number of carbonyl (C=O) groups excluding carboxylic acids is 1. The highest BCUT2D eigenvalue weighted by atomic mass is 32.2. The average molecular weight is 595 g/mol. The van der Waals surface area contributed by atoms with Crippen molar-refractivity contribution in [3.63, 3.8) is 0 Å². The van der Waals surface area contributed by atoms with Gasteiger partial charge in [0.15, 0.2) is 0 Å². The van der Waals surface area contributed by atoms with Crippen LogP contribution in [0.15, 0.2) is 0 Å². The van der Waals surface area contributed by atoms with Gasteiger partial charge in [-0.05, 0) is 123 Å². The Morgan fingerprint density at radius 1 is 0.902 bits per heavy atom. The molecular formula is C33H58N2O5S. The van der Waals surface area contributed by atoms with Gasteiger partial charge in [-0.1, -0.05) is 53.4 Å². The Balaban J connectivity index is 1.23. The van der Waals surface area contributed by atoms with Crippen LogP contribution in [0.4, 0.5) is 4.79 Å². The summed E-state index contributed by atoms with van der Waals surface area (Å²) in [5, 5.41) is 25.0. The van der Waals surface area contributed by atoms with E-state index in [1.54, 1.807) is 0 Å². The van der Waals surface area contributed by atoms with Gasteiger partial charge in [0.25, 0.3) is 0 Å². The summed E-state index contributed by atoms with van der Waals surface area (Å²) in [6, 6.07) is -0.716. The van der Waals surface area contributed by atoms with Crippen molar-refractivity contribution in [2.75, 3.05) is 0 Å². The molecule has 5 fully saturated rings. The number of amides is 2. The second kappa shape index (κ2) is 11.9. The molecular weight excluding hydrogens is 536 g/mol. The molecule has 0 heterocycles. The van der Waals surface area contributed by atoms with E-state index in [-0.39, 0.29) is 35.0 Å². The summed E-state index contributed by atoms with van der Waals surface area (Å²) in [5.74, 6) is 2.96. The lowest BCUT2D eigenvalue weighted by Gasteiger charge is -2.64. The molecule has 236 valence electrons. The molecule has 0 aliphatic heterocycles. The van der Waals surface area contributed by atoms with Gasteiger partial charge in [-0.3, -0.25) is 0 Å². The third-order valence-corrected chi connectivity index (χ3v) is 15.3. The van der Waals surface area contributed by atoms with Crippen LogP contribution in [0.25, 0.3) is 0 Å². The van der Waals surface area contributed by atoms with Crippen LogP contribution in [0.2, 0.25) is 0 Å². The number of hydrogen-bond donors (Lipinski definition) is 4. The molecule has 0 aromatic heterocycles. The highest BCUT2D eigenvalue weighted by molar-refractivity contribution is 7.90. The van der Waals surface area contributed by atoms with Crippen molar-refractivity contribution in [2.24, 2.45) is 52.3 Å². The molecule has 5 saturated carbocycles. The maximum Gasteiger partial charge on any atom is 0.328 e. The Hall–Kier alpha value is -0.860. The van der Waals surface area contributed by atoms with Gasteiger partial charge in [0, 0.05) is 6.04 Å². The van der Waals surface area contributed by atoms with Crippen molar-refractivity contribution in [1.82, 2.24) is 10.0 Å². The van der Waals surface area contributed by atoms with E-state index in [1.165, 1.54) is 6.42 Å². The van der Waals surface area contributed by atoms with E-state index in [9.17, 15) is 23.4 Å². The second-order valence-corrected chi connectivity index (χ2v) is 17.6. The van der Waals surface area contributed by atoms with Crippen LogP contribution >= 0.6 is 0 Å². The van der Waals surface area contributed by atoms with Crippen LogP contribution in [0, 0.1) is 52.3 Å². The van der Waals surface area contributed by atoms with Gasteiger partial charge < -0.3 is 15.5 Å². The third kappa shape index (κ3) is 5.72. The summed E-state index contributed by atoms with van der Waals surface area (Å²) in [7, 11) is -3.64. The fourth-order valence-corrected chi connectivity index (χ4v) is 13.0. The number of hydrogen-bond acceptors (Lipinski definition) is 5. The fourth-order valence-electron chi connectivity index (χ4n) is 11.6. The summed E-state index contributed by atoms with van der Waals surface area (Å²) in [5.41, 5.74) is 0.377. The van der Waals surface area contributed by atoms with Crippen molar-refractivity contribution in [2.45, 2.75) is 148 Å². The second-order valence-electron chi connectivity index (χ2n) is 15.6. The molecule has 0 spiro atoms. The first-order chi connectivity index (χ1) is 19.3. The monoisotopic (exact) mass is 594 g/mol. The lowest BCUT2D eigenvalue weighted by molar-refractivity contribution is -0.203. The van der Waals surface area contributed by atoms with Gasteiger partial charge >= 0.3 is 6.03 Å². The number of urea groups is 1. The van der Waals surface area contributed by atoms with Crippen molar-refractivity contribution in [3.05, 3.63) is 0 Å². The zero-order valence-electron chi connectivity index (χ0n) is 26.3.